The van der Waals surface area contributed by atoms with Gasteiger partial charge < -0.3 is 16.0 Å². The second kappa shape index (κ2) is 9.84. The second-order valence-electron chi connectivity index (χ2n) is 9.19. The van der Waals surface area contributed by atoms with Crippen molar-refractivity contribution in [1.82, 2.24) is 24.8 Å². The van der Waals surface area contributed by atoms with Crippen molar-refractivity contribution in [3.63, 3.8) is 0 Å². The number of hydrogen-bond acceptors (Lipinski definition) is 5. The Morgan fingerprint density at radius 1 is 1.10 bits per heavy atom. The molecule has 3 N–H and O–H groups in total. The van der Waals surface area contributed by atoms with Gasteiger partial charge >= 0.3 is 6.18 Å². The van der Waals surface area contributed by atoms with E-state index >= 15 is 0 Å². The first-order chi connectivity index (χ1) is 18.4. The molecule has 3 heterocycles. The third-order valence-corrected chi connectivity index (χ3v) is 6.86. The summed E-state index contributed by atoms with van der Waals surface area (Å²) in [7, 11) is 0. The third-order valence-electron chi connectivity index (χ3n) is 6.61. The van der Waals surface area contributed by atoms with Gasteiger partial charge in [-0.2, -0.15) is 18.3 Å². The highest BCUT2D eigenvalue weighted by atomic mass is 35.5. The van der Waals surface area contributed by atoms with Crippen LogP contribution in [0.4, 0.5) is 23.4 Å². The molecule has 202 valence electrons. The summed E-state index contributed by atoms with van der Waals surface area (Å²) in [4.78, 5) is 30.9. The predicted molar refractivity (Wildman–Crippen MR) is 136 cm³/mol. The zero-order chi connectivity index (χ0) is 28.1. The van der Waals surface area contributed by atoms with Gasteiger partial charge in [-0.05, 0) is 48.9 Å². The maximum absolute atomic E-state index is 14.9. The average Bonchev–Trinajstić information content (AvgIpc) is 3.46. The van der Waals surface area contributed by atoms with Gasteiger partial charge in [0.2, 0.25) is 0 Å². The van der Waals surface area contributed by atoms with E-state index in [9.17, 15) is 27.2 Å². The number of aromatic nitrogens is 3. The molecule has 2 aromatic heterocycles. The van der Waals surface area contributed by atoms with Crippen LogP contribution >= 0.6 is 11.6 Å². The van der Waals surface area contributed by atoms with Crippen molar-refractivity contribution >= 4 is 34.7 Å². The molecule has 1 fully saturated rings. The highest BCUT2D eigenvalue weighted by Gasteiger charge is 2.38. The second-order valence-corrected chi connectivity index (χ2v) is 9.63. The number of aryl methyl sites for hydroxylation is 1. The number of halogens is 5. The minimum Gasteiger partial charge on any atom is -0.382 e. The van der Waals surface area contributed by atoms with Crippen molar-refractivity contribution in [1.29, 1.82) is 0 Å². The molecule has 2 amide bonds. The fourth-order valence-corrected chi connectivity index (χ4v) is 4.73. The Hall–Kier alpha value is -4.19. The van der Waals surface area contributed by atoms with Gasteiger partial charge in [0.25, 0.3) is 11.8 Å². The molecule has 8 nitrogen and oxygen atoms in total. The smallest absolute Gasteiger partial charge is 0.382 e. The predicted octanol–water partition coefficient (Wildman–Crippen LogP) is 4.55. The molecule has 13 heteroatoms. The molecule has 1 saturated heterocycles. The van der Waals surface area contributed by atoms with Crippen LogP contribution < -0.4 is 11.1 Å². The van der Waals surface area contributed by atoms with E-state index in [-0.39, 0.29) is 35.7 Å². The Bertz CT molecular complexity index is 1590. The fraction of sp³-hybridized carbons (Fsp3) is 0.231. The van der Waals surface area contributed by atoms with Crippen LogP contribution in [0.5, 0.6) is 0 Å². The number of fused-ring (bicyclic) bond motifs is 1. The molecule has 4 aromatic rings. The highest BCUT2D eigenvalue weighted by Crippen LogP contribution is 2.38. The van der Waals surface area contributed by atoms with Crippen LogP contribution in [-0.4, -0.2) is 56.6 Å². The molecular weight excluding hydrogens is 540 g/mol. The Labute approximate surface area is 224 Å². The van der Waals surface area contributed by atoms with E-state index in [1.165, 1.54) is 23.1 Å². The largest absolute Gasteiger partial charge is 0.418 e. The monoisotopic (exact) mass is 560 g/mol. The van der Waals surface area contributed by atoms with Gasteiger partial charge in [-0.3, -0.25) is 9.59 Å². The van der Waals surface area contributed by atoms with Crippen LogP contribution in [0, 0.1) is 6.92 Å². The lowest BCUT2D eigenvalue weighted by atomic mass is 10.0. The number of likely N-dealkylation sites (tertiary alicyclic amines) is 1. The first-order valence-electron chi connectivity index (χ1n) is 11.7. The van der Waals surface area contributed by atoms with Crippen LogP contribution in [-0.2, 0) is 6.18 Å². The standard InChI is InChI=1S/C26H21ClF4N6O2/c1-13-2-3-15(21-9-18(26(29,30)31)22-23(32)33-12-34-37(21)22)8-17(13)24(38)35-20-11-36(10-19(20)28)25(39)14-4-6-16(27)7-5-14/h2-9,12,19-20H,10-11H2,1H3,(H,35,38)(H2,32,33,34)/t19-,20+/m0/s1. The van der Waals surface area contributed by atoms with E-state index in [0.717, 1.165) is 16.9 Å². The number of nitrogens with one attached hydrogen (secondary N) is 1. The maximum Gasteiger partial charge on any atom is 0.418 e. The minimum atomic E-state index is -4.72. The molecular formula is C26H21ClF4N6O2. The van der Waals surface area contributed by atoms with E-state index in [1.54, 1.807) is 31.2 Å². The highest BCUT2D eigenvalue weighted by molar-refractivity contribution is 6.30. The molecule has 0 radical (unpaired) electrons. The Morgan fingerprint density at radius 2 is 1.82 bits per heavy atom. The van der Waals surface area contributed by atoms with Crippen molar-refractivity contribution in [2.45, 2.75) is 25.3 Å². The van der Waals surface area contributed by atoms with Gasteiger partial charge in [0, 0.05) is 28.3 Å². The van der Waals surface area contributed by atoms with Gasteiger partial charge in [0.05, 0.1) is 23.8 Å². The van der Waals surface area contributed by atoms with Crippen LogP contribution in [0.15, 0.2) is 54.9 Å². The number of carbonyl (C=O) groups excluding carboxylic acids is 2. The number of hydrogen-bond donors (Lipinski definition) is 2. The molecule has 1 aliphatic rings. The van der Waals surface area contributed by atoms with Gasteiger partial charge in [-0.25, -0.2) is 13.9 Å². The number of anilines is 1. The van der Waals surface area contributed by atoms with Gasteiger partial charge in [-0.1, -0.05) is 23.7 Å². The van der Waals surface area contributed by atoms with Crippen LogP contribution in [0.1, 0.15) is 31.8 Å². The number of nitrogens with two attached hydrogens (primary N) is 1. The van der Waals surface area contributed by atoms with E-state index in [1.807, 2.05) is 0 Å². The summed E-state index contributed by atoms with van der Waals surface area (Å²) in [6.07, 6.45) is -5.20. The van der Waals surface area contributed by atoms with E-state index in [4.69, 9.17) is 17.3 Å². The minimum absolute atomic E-state index is 0.0458. The molecule has 0 unspecified atom stereocenters. The van der Waals surface area contributed by atoms with Gasteiger partial charge in [-0.15, -0.1) is 0 Å². The molecule has 5 rings (SSSR count). The maximum atomic E-state index is 14.9. The summed E-state index contributed by atoms with van der Waals surface area (Å²) >= 11 is 5.86. The van der Waals surface area contributed by atoms with Crippen LogP contribution in [0.3, 0.4) is 0 Å². The van der Waals surface area contributed by atoms with Crippen molar-refractivity contribution < 1.29 is 27.2 Å². The number of nitrogens with zero attached hydrogens (tertiary/aromatic N) is 4. The van der Waals surface area contributed by atoms with Crippen LogP contribution in [0.25, 0.3) is 16.8 Å². The molecule has 0 bridgehead atoms. The third kappa shape index (κ3) is 4.99. The molecule has 0 saturated carbocycles. The van der Waals surface area contributed by atoms with Crippen molar-refractivity contribution in [2.24, 2.45) is 0 Å². The van der Waals surface area contributed by atoms with E-state index < -0.39 is 41.3 Å². The molecule has 2 aromatic carbocycles. The Balaban J connectivity index is 1.40. The van der Waals surface area contributed by atoms with Crippen molar-refractivity contribution in [2.75, 3.05) is 18.8 Å². The molecule has 0 aliphatic carbocycles. The number of alkyl halides is 4. The SMILES string of the molecule is Cc1ccc(-c2cc(C(F)(F)F)c3c(N)ncnn23)cc1C(=O)N[C@@H]1CN(C(=O)c2ccc(Cl)cc2)C[C@@H]1F. The average molecular weight is 561 g/mol. The summed E-state index contributed by atoms with van der Waals surface area (Å²) in [5.41, 5.74) is 5.60. The lowest BCUT2D eigenvalue weighted by Crippen LogP contribution is -2.42. The normalized spacial score (nSPS) is 17.5. The number of nitrogen functional groups attached to an aromatic ring is 1. The van der Waals surface area contributed by atoms with Crippen molar-refractivity contribution in [3.05, 3.63) is 82.1 Å². The number of amides is 2. The lowest BCUT2D eigenvalue weighted by Gasteiger charge is -2.17. The zero-order valence-corrected chi connectivity index (χ0v) is 21.1. The summed E-state index contributed by atoms with van der Waals surface area (Å²) < 4.78 is 57.0. The van der Waals surface area contributed by atoms with Gasteiger partial charge in [0.1, 0.15) is 18.0 Å². The zero-order valence-electron chi connectivity index (χ0n) is 20.3. The topological polar surface area (TPSA) is 106 Å². The molecule has 2 atom stereocenters. The number of benzene rings is 2. The number of rotatable bonds is 4. The van der Waals surface area contributed by atoms with Crippen molar-refractivity contribution in [3.8, 4) is 11.3 Å². The Kier molecular flexibility index (Phi) is 6.67. The van der Waals surface area contributed by atoms with E-state index in [0.29, 0.717) is 16.1 Å². The van der Waals surface area contributed by atoms with E-state index in [2.05, 4.69) is 15.4 Å². The molecule has 0 spiro atoms. The fourth-order valence-electron chi connectivity index (χ4n) is 4.60. The molecule has 1 aliphatic heterocycles. The van der Waals surface area contributed by atoms with Crippen LogP contribution in [0.2, 0.25) is 5.02 Å². The number of carbonyl (C=O) groups is 2. The first-order valence-corrected chi connectivity index (χ1v) is 12.1. The quantitative estimate of drug-likeness (QED) is 0.356. The summed E-state index contributed by atoms with van der Waals surface area (Å²) in [6.45, 7) is 1.39. The summed E-state index contributed by atoms with van der Waals surface area (Å²) in [5, 5.41) is 7.01. The van der Waals surface area contributed by atoms with Gasteiger partial charge in [0.15, 0.2) is 5.82 Å². The Morgan fingerprint density at radius 3 is 2.51 bits per heavy atom. The first kappa shape index (κ1) is 26.4. The summed E-state index contributed by atoms with van der Waals surface area (Å²) in [6, 6.07) is 10.6. The summed E-state index contributed by atoms with van der Waals surface area (Å²) in [5.74, 6) is -1.37. The molecule has 39 heavy (non-hydrogen) atoms. The lowest BCUT2D eigenvalue weighted by molar-refractivity contribution is -0.136.